The SMILES string of the molecule is CC(C)(C)c1ccc(N2c3c4c(cc5ccccc35)-c3cc5c(cc3N(c3ccc(-c6ccccc6)cc3)B4c3oc4c(ccc6ccccc64)c32)C(C)(C)c2ccccc2-5)c(-c2ccccc2)c1. The second-order valence-corrected chi connectivity index (χ2v) is 20.8. The standard InChI is InChI=1S/C65H49BN2O/c1-64(2,3)45-31-35-57(51(37-45)42-20-10-7-11-21-42)67-60-47-24-14-13-23-44(47)36-54-53-38-52-49-26-16-17-27-55(49)65(4,5)56(52)39-58(53)68(46-32-28-41(29-33-46)40-18-8-6-9-19-40)66(59(54)60)63-61(67)50-34-30-43-22-12-15-25-48(43)62(50)69-63/h6-39H,1-5H3. The van der Waals surface area contributed by atoms with E-state index < -0.39 is 0 Å². The lowest BCUT2D eigenvalue weighted by molar-refractivity contribution is 0.590. The minimum atomic E-state index is -0.314. The molecule has 1 aromatic heterocycles. The van der Waals surface area contributed by atoms with Crippen LogP contribution in [0.4, 0.5) is 28.4 Å². The molecule has 10 aromatic carbocycles. The highest BCUT2D eigenvalue weighted by molar-refractivity contribution is 6.93. The molecule has 328 valence electrons. The Hall–Kier alpha value is -8.08. The molecule has 0 N–H and O–H groups in total. The van der Waals surface area contributed by atoms with Gasteiger partial charge in [0.2, 0.25) is 0 Å². The maximum absolute atomic E-state index is 7.70. The van der Waals surface area contributed by atoms with E-state index in [0.717, 1.165) is 44.5 Å². The van der Waals surface area contributed by atoms with E-state index in [1.165, 1.54) is 88.8 Å². The quantitative estimate of drug-likeness (QED) is 0.164. The molecule has 0 spiro atoms. The Bertz CT molecular complexity index is 3920. The van der Waals surface area contributed by atoms with Crippen molar-refractivity contribution in [3.63, 3.8) is 0 Å². The molecule has 0 saturated heterocycles. The van der Waals surface area contributed by atoms with Crippen molar-refractivity contribution in [2.24, 2.45) is 0 Å². The summed E-state index contributed by atoms with van der Waals surface area (Å²) in [5.74, 6) is 0. The molecule has 69 heavy (non-hydrogen) atoms. The van der Waals surface area contributed by atoms with Gasteiger partial charge in [0.25, 0.3) is 0 Å². The van der Waals surface area contributed by atoms with E-state index in [-0.39, 0.29) is 17.7 Å². The summed E-state index contributed by atoms with van der Waals surface area (Å²) in [7, 11) is 0. The van der Waals surface area contributed by atoms with Gasteiger partial charge in [0.1, 0.15) is 11.2 Å². The van der Waals surface area contributed by atoms with Crippen LogP contribution in [0.2, 0.25) is 0 Å². The van der Waals surface area contributed by atoms with E-state index in [0.29, 0.717) is 0 Å². The lowest BCUT2D eigenvalue weighted by atomic mass is 9.45. The summed E-state index contributed by atoms with van der Waals surface area (Å²) in [6, 6.07) is 76.9. The molecule has 0 atom stereocenters. The maximum Gasteiger partial charge on any atom is 0.375 e. The van der Waals surface area contributed by atoms with Gasteiger partial charge in [-0.05, 0) is 120 Å². The van der Waals surface area contributed by atoms with Crippen LogP contribution in [0.5, 0.6) is 0 Å². The molecule has 0 fully saturated rings. The lowest BCUT2D eigenvalue weighted by Gasteiger charge is -2.45. The summed E-state index contributed by atoms with van der Waals surface area (Å²) >= 11 is 0. The summed E-state index contributed by atoms with van der Waals surface area (Å²) in [5, 5.41) is 5.77. The zero-order valence-corrected chi connectivity index (χ0v) is 39.5. The lowest BCUT2D eigenvalue weighted by Crippen LogP contribution is -2.61. The summed E-state index contributed by atoms with van der Waals surface area (Å²) < 4.78 is 7.70. The second-order valence-electron chi connectivity index (χ2n) is 20.8. The third-order valence-electron chi connectivity index (χ3n) is 15.6. The Balaban J connectivity index is 1.15. The van der Waals surface area contributed by atoms with Crippen LogP contribution in [0.25, 0.3) is 77.0 Å². The van der Waals surface area contributed by atoms with Crippen LogP contribution in [-0.2, 0) is 10.8 Å². The van der Waals surface area contributed by atoms with Crippen LogP contribution in [0.15, 0.2) is 211 Å². The Morgan fingerprint density at radius 1 is 0.449 bits per heavy atom. The molecule has 0 unspecified atom stereocenters. The van der Waals surface area contributed by atoms with Gasteiger partial charge in [-0.15, -0.1) is 0 Å². The van der Waals surface area contributed by atoms with Crippen molar-refractivity contribution in [3.8, 4) is 44.5 Å². The second kappa shape index (κ2) is 14.5. The van der Waals surface area contributed by atoms with E-state index in [1.54, 1.807) is 0 Å². The Kier molecular flexibility index (Phi) is 8.39. The van der Waals surface area contributed by atoms with Crippen molar-refractivity contribution in [1.29, 1.82) is 0 Å². The van der Waals surface area contributed by atoms with E-state index >= 15 is 0 Å². The van der Waals surface area contributed by atoms with Gasteiger partial charge in [0.05, 0.1) is 17.1 Å². The first-order chi connectivity index (χ1) is 33.6. The molecule has 3 aliphatic rings. The summed E-state index contributed by atoms with van der Waals surface area (Å²) in [5.41, 5.74) is 22.4. The molecule has 14 rings (SSSR count). The van der Waals surface area contributed by atoms with Gasteiger partial charge in [-0.2, -0.15) is 0 Å². The number of furan rings is 1. The molecule has 0 radical (unpaired) electrons. The highest BCUT2D eigenvalue weighted by Crippen LogP contribution is 2.57. The molecule has 1 aliphatic carbocycles. The third-order valence-corrected chi connectivity index (χ3v) is 15.6. The monoisotopic (exact) mass is 884 g/mol. The van der Waals surface area contributed by atoms with Gasteiger partial charge in [-0.25, -0.2) is 0 Å². The molecular weight excluding hydrogens is 836 g/mol. The number of hydrogen-bond acceptors (Lipinski definition) is 3. The summed E-state index contributed by atoms with van der Waals surface area (Å²) in [6.45, 7) is 11.4. The minimum absolute atomic E-state index is 0.0617. The number of rotatable bonds is 4. The van der Waals surface area contributed by atoms with Crippen LogP contribution >= 0.6 is 0 Å². The highest BCUT2D eigenvalue weighted by atomic mass is 16.3. The molecule has 0 bridgehead atoms. The molecule has 0 saturated carbocycles. The topological polar surface area (TPSA) is 19.6 Å². The van der Waals surface area contributed by atoms with Crippen molar-refractivity contribution in [3.05, 3.63) is 223 Å². The Morgan fingerprint density at radius 2 is 1.12 bits per heavy atom. The molecule has 11 aromatic rings. The number of nitrogens with zero attached hydrogens (tertiary/aromatic N) is 2. The zero-order valence-electron chi connectivity index (χ0n) is 39.5. The third kappa shape index (κ3) is 5.75. The summed E-state index contributed by atoms with van der Waals surface area (Å²) in [6.07, 6.45) is 0. The summed E-state index contributed by atoms with van der Waals surface area (Å²) in [4.78, 5) is 5.21. The minimum Gasteiger partial charge on any atom is -0.465 e. The van der Waals surface area contributed by atoms with E-state index in [4.69, 9.17) is 4.42 Å². The Morgan fingerprint density at radius 3 is 1.88 bits per heavy atom. The van der Waals surface area contributed by atoms with Gasteiger partial charge in [0, 0.05) is 44.1 Å². The normalized spacial score (nSPS) is 14.2. The molecule has 0 amide bonds. The average Bonchev–Trinajstić information content (AvgIpc) is 3.88. The van der Waals surface area contributed by atoms with Crippen molar-refractivity contribution < 1.29 is 4.42 Å². The first-order valence-electron chi connectivity index (χ1n) is 24.4. The fourth-order valence-corrected chi connectivity index (χ4v) is 12.1. The van der Waals surface area contributed by atoms with Gasteiger partial charge in [0.15, 0.2) is 0 Å². The van der Waals surface area contributed by atoms with Crippen molar-refractivity contribution in [1.82, 2.24) is 0 Å². The molecule has 2 aliphatic heterocycles. The first kappa shape index (κ1) is 40.0. The van der Waals surface area contributed by atoms with E-state index in [2.05, 4.69) is 251 Å². The Labute approximate surface area is 404 Å². The average molecular weight is 885 g/mol. The zero-order chi connectivity index (χ0) is 46.3. The van der Waals surface area contributed by atoms with Crippen molar-refractivity contribution in [2.75, 3.05) is 9.71 Å². The van der Waals surface area contributed by atoms with Crippen molar-refractivity contribution in [2.45, 2.75) is 45.4 Å². The van der Waals surface area contributed by atoms with Crippen molar-refractivity contribution >= 4 is 78.9 Å². The smallest absolute Gasteiger partial charge is 0.375 e. The predicted octanol–water partition coefficient (Wildman–Crippen LogP) is 16.4. The van der Waals surface area contributed by atoms with Crippen LogP contribution < -0.4 is 20.8 Å². The number of benzene rings is 10. The van der Waals surface area contributed by atoms with Crippen LogP contribution in [0.1, 0.15) is 51.3 Å². The first-order valence-corrected chi connectivity index (χ1v) is 24.4. The number of anilines is 5. The number of hydrogen-bond donors (Lipinski definition) is 0. The fourth-order valence-electron chi connectivity index (χ4n) is 12.1. The van der Waals surface area contributed by atoms with Gasteiger partial charge < -0.3 is 14.1 Å². The van der Waals surface area contributed by atoms with Gasteiger partial charge >= 0.3 is 6.85 Å². The molecule has 3 nitrogen and oxygen atoms in total. The van der Waals surface area contributed by atoms with Crippen LogP contribution in [-0.4, -0.2) is 6.85 Å². The molecule has 4 heteroatoms. The maximum atomic E-state index is 7.70. The van der Waals surface area contributed by atoms with E-state index in [9.17, 15) is 0 Å². The predicted molar refractivity (Wildman–Crippen MR) is 292 cm³/mol. The van der Waals surface area contributed by atoms with Crippen LogP contribution in [0, 0.1) is 0 Å². The highest BCUT2D eigenvalue weighted by Gasteiger charge is 2.50. The largest absolute Gasteiger partial charge is 0.465 e. The van der Waals surface area contributed by atoms with Gasteiger partial charge in [-0.3, -0.25) is 0 Å². The molecule has 3 heterocycles. The molecular formula is C65H49BN2O. The fraction of sp³-hybridized carbons (Fsp3) is 0.108. The van der Waals surface area contributed by atoms with Gasteiger partial charge in [-0.1, -0.05) is 192 Å². The van der Waals surface area contributed by atoms with Crippen LogP contribution in [0.3, 0.4) is 0 Å². The number of fused-ring (bicyclic) bond motifs is 13. The van der Waals surface area contributed by atoms with E-state index in [1.807, 2.05) is 0 Å².